The molecule has 0 spiro atoms. The van der Waals surface area contributed by atoms with Crippen molar-refractivity contribution in [2.24, 2.45) is 0 Å². The van der Waals surface area contributed by atoms with Crippen LogP contribution in [0.25, 0.3) is 27.8 Å². The molecule has 0 bridgehead atoms. The standard InChI is InChI=1S/C25H26N4O3/c30-25-23-22(17-29(24(23)26-18-27-25)20-5-2-1-3-6-20)19-7-9-21(10-8-19)32-14-4-11-28-12-15-31-16-13-28/h1-3,5-10,17-18H,4,11-16H2,(H,26,27,30). The average molecular weight is 431 g/mol. The van der Waals surface area contributed by atoms with E-state index in [4.69, 9.17) is 9.47 Å². The maximum Gasteiger partial charge on any atom is 0.260 e. The molecule has 1 aliphatic heterocycles. The number of nitrogens with zero attached hydrogens (tertiary/aromatic N) is 3. The van der Waals surface area contributed by atoms with Crippen molar-refractivity contribution in [2.45, 2.75) is 6.42 Å². The van der Waals surface area contributed by atoms with Gasteiger partial charge in [-0.2, -0.15) is 0 Å². The molecule has 7 heteroatoms. The molecule has 5 rings (SSSR count). The van der Waals surface area contributed by atoms with Crippen molar-refractivity contribution < 1.29 is 9.47 Å². The smallest absolute Gasteiger partial charge is 0.260 e. The van der Waals surface area contributed by atoms with Crippen molar-refractivity contribution in [3.8, 4) is 22.6 Å². The number of para-hydroxylation sites is 1. The number of fused-ring (bicyclic) bond motifs is 1. The van der Waals surface area contributed by atoms with Crippen LogP contribution in [0.2, 0.25) is 0 Å². The number of H-pyrrole nitrogens is 1. The Morgan fingerprint density at radius 1 is 1.03 bits per heavy atom. The summed E-state index contributed by atoms with van der Waals surface area (Å²) in [7, 11) is 0. The molecule has 0 radical (unpaired) electrons. The van der Waals surface area contributed by atoms with Crippen LogP contribution >= 0.6 is 0 Å². The Labute approximate surface area is 186 Å². The first-order chi connectivity index (χ1) is 15.8. The van der Waals surface area contributed by atoms with Crippen molar-refractivity contribution in [3.05, 3.63) is 77.5 Å². The lowest BCUT2D eigenvalue weighted by molar-refractivity contribution is 0.0358. The van der Waals surface area contributed by atoms with E-state index in [0.29, 0.717) is 17.6 Å². The van der Waals surface area contributed by atoms with Crippen LogP contribution < -0.4 is 10.3 Å². The molecular formula is C25H26N4O3. The van der Waals surface area contributed by atoms with Gasteiger partial charge in [-0.1, -0.05) is 30.3 Å². The molecule has 4 aromatic rings. The minimum absolute atomic E-state index is 0.150. The number of aromatic nitrogens is 3. The lowest BCUT2D eigenvalue weighted by Crippen LogP contribution is -2.37. The van der Waals surface area contributed by atoms with E-state index in [0.717, 1.165) is 61.8 Å². The van der Waals surface area contributed by atoms with Gasteiger partial charge in [0.1, 0.15) is 5.75 Å². The van der Waals surface area contributed by atoms with Crippen molar-refractivity contribution in [3.63, 3.8) is 0 Å². The van der Waals surface area contributed by atoms with Gasteiger partial charge in [0, 0.05) is 37.1 Å². The maximum atomic E-state index is 12.6. The average Bonchev–Trinajstić information content (AvgIpc) is 3.25. The van der Waals surface area contributed by atoms with Gasteiger partial charge in [-0.15, -0.1) is 0 Å². The van der Waals surface area contributed by atoms with Crippen LogP contribution in [0.1, 0.15) is 6.42 Å². The summed E-state index contributed by atoms with van der Waals surface area (Å²) < 4.78 is 13.3. The first-order valence-electron chi connectivity index (χ1n) is 11.0. The third-order valence-corrected chi connectivity index (χ3v) is 5.78. The Morgan fingerprint density at radius 2 is 1.81 bits per heavy atom. The molecule has 0 amide bonds. The highest BCUT2D eigenvalue weighted by Crippen LogP contribution is 2.30. The highest BCUT2D eigenvalue weighted by atomic mass is 16.5. The zero-order valence-corrected chi connectivity index (χ0v) is 17.9. The molecule has 0 aliphatic carbocycles. The molecule has 0 unspecified atom stereocenters. The van der Waals surface area contributed by atoms with Gasteiger partial charge >= 0.3 is 0 Å². The van der Waals surface area contributed by atoms with Gasteiger partial charge in [0.25, 0.3) is 5.56 Å². The van der Waals surface area contributed by atoms with Gasteiger partial charge < -0.3 is 19.0 Å². The summed E-state index contributed by atoms with van der Waals surface area (Å²) in [6.45, 7) is 5.34. The lowest BCUT2D eigenvalue weighted by Gasteiger charge is -2.26. The van der Waals surface area contributed by atoms with Crippen LogP contribution in [-0.4, -0.2) is 58.9 Å². The van der Waals surface area contributed by atoms with Gasteiger partial charge in [-0.25, -0.2) is 4.98 Å². The normalized spacial score (nSPS) is 14.6. The van der Waals surface area contributed by atoms with Crippen LogP contribution in [0.4, 0.5) is 0 Å². The van der Waals surface area contributed by atoms with Gasteiger partial charge in [-0.3, -0.25) is 9.69 Å². The number of morpholine rings is 1. The fraction of sp³-hybridized carbons (Fsp3) is 0.280. The number of rotatable bonds is 7. The second-order valence-electron chi connectivity index (χ2n) is 7.86. The topological polar surface area (TPSA) is 72.4 Å². The highest BCUT2D eigenvalue weighted by molar-refractivity contribution is 5.94. The van der Waals surface area contributed by atoms with E-state index in [1.54, 1.807) is 0 Å². The summed E-state index contributed by atoms with van der Waals surface area (Å²) in [6, 6.07) is 17.8. The molecule has 2 aromatic carbocycles. The van der Waals surface area contributed by atoms with E-state index in [-0.39, 0.29) is 5.56 Å². The van der Waals surface area contributed by atoms with Gasteiger partial charge in [0.2, 0.25) is 0 Å². The Morgan fingerprint density at radius 3 is 2.59 bits per heavy atom. The molecule has 1 fully saturated rings. The fourth-order valence-corrected chi connectivity index (χ4v) is 4.11. The molecule has 32 heavy (non-hydrogen) atoms. The van der Waals surface area contributed by atoms with E-state index in [2.05, 4.69) is 14.9 Å². The quantitative estimate of drug-likeness (QED) is 0.455. The minimum atomic E-state index is -0.150. The molecule has 164 valence electrons. The van der Waals surface area contributed by atoms with E-state index in [1.807, 2.05) is 65.4 Å². The SMILES string of the molecule is O=c1[nH]cnc2c1c(-c1ccc(OCCCN3CCOCC3)cc1)cn2-c1ccccc1. The Bertz CT molecular complexity index is 1230. The number of hydrogen-bond donors (Lipinski definition) is 1. The molecule has 2 aromatic heterocycles. The zero-order chi connectivity index (χ0) is 21.8. The molecule has 0 saturated carbocycles. The largest absolute Gasteiger partial charge is 0.494 e. The monoisotopic (exact) mass is 430 g/mol. The molecular weight excluding hydrogens is 404 g/mol. The Kier molecular flexibility index (Phi) is 6.00. The van der Waals surface area contributed by atoms with Gasteiger partial charge in [-0.05, 0) is 36.2 Å². The Balaban J connectivity index is 1.34. The summed E-state index contributed by atoms with van der Waals surface area (Å²) in [6.07, 6.45) is 4.40. The third kappa shape index (κ3) is 4.30. The van der Waals surface area contributed by atoms with Crippen molar-refractivity contribution in [1.82, 2.24) is 19.4 Å². The van der Waals surface area contributed by atoms with Gasteiger partial charge in [0.05, 0.1) is 31.5 Å². The van der Waals surface area contributed by atoms with Crippen LogP contribution in [0, 0.1) is 0 Å². The predicted molar refractivity (Wildman–Crippen MR) is 124 cm³/mol. The molecule has 0 atom stereocenters. The first kappa shape index (κ1) is 20.5. The van der Waals surface area contributed by atoms with Crippen LogP contribution in [0.3, 0.4) is 0 Å². The van der Waals surface area contributed by atoms with E-state index >= 15 is 0 Å². The van der Waals surface area contributed by atoms with E-state index in [9.17, 15) is 4.79 Å². The van der Waals surface area contributed by atoms with Crippen molar-refractivity contribution >= 4 is 11.0 Å². The van der Waals surface area contributed by atoms with Crippen LogP contribution in [0.15, 0.2) is 71.9 Å². The number of ether oxygens (including phenoxy) is 2. The molecule has 1 saturated heterocycles. The van der Waals surface area contributed by atoms with Crippen LogP contribution in [-0.2, 0) is 4.74 Å². The van der Waals surface area contributed by atoms with E-state index in [1.165, 1.54) is 6.33 Å². The Hall–Kier alpha value is -3.42. The fourth-order valence-electron chi connectivity index (χ4n) is 4.11. The van der Waals surface area contributed by atoms with Crippen molar-refractivity contribution in [1.29, 1.82) is 0 Å². The number of benzene rings is 2. The second-order valence-corrected chi connectivity index (χ2v) is 7.86. The lowest BCUT2D eigenvalue weighted by atomic mass is 10.1. The zero-order valence-electron chi connectivity index (χ0n) is 17.9. The second kappa shape index (κ2) is 9.38. The predicted octanol–water partition coefficient (Wildman–Crippen LogP) is 3.48. The van der Waals surface area contributed by atoms with E-state index < -0.39 is 0 Å². The number of hydrogen-bond acceptors (Lipinski definition) is 5. The highest BCUT2D eigenvalue weighted by Gasteiger charge is 2.16. The third-order valence-electron chi connectivity index (χ3n) is 5.78. The molecule has 1 N–H and O–H groups in total. The number of aromatic amines is 1. The number of nitrogens with one attached hydrogen (secondary N) is 1. The summed E-state index contributed by atoms with van der Waals surface area (Å²) in [5.74, 6) is 0.828. The maximum absolute atomic E-state index is 12.6. The van der Waals surface area contributed by atoms with Crippen molar-refractivity contribution in [2.75, 3.05) is 39.5 Å². The summed E-state index contributed by atoms with van der Waals surface area (Å²) in [5, 5.41) is 0.579. The first-order valence-corrected chi connectivity index (χ1v) is 11.0. The summed E-state index contributed by atoms with van der Waals surface area (Å²) >= 11 is 0. The molecule has 3 heterocycles. The summed E-state index contributed by atoms with van der Waals surface area (Å²) in [5.41, 5.74) is 3.24. The molecule has 7 nitrogen and oxygen atoms in total. The van der Waals surface area contributed by atoms with Gasteiger partial charge in [0.15, 0.2) is 5.65 Å². The minimum Gasteiger partial charge on any atom is -0.494 e. The summed E-state index contributed by atoms with van der Waals surface area (Å²) in [4.78, 5) is 22.2. The molecule has 1 aliphatic rings. The van der Waals surface area contributed by atoms with Crippen LogP contribution in [0.5, 0.6) is 5.75 Å².